The van der Waals surface area contributed by atoms with E-state index in [1.165, 1.54) is 12.5 Å². The van der Waals surface area contributed by atoms with E-state index in [1.54, 1.807) is 12.1 Å². The Kier molecular flexibility index (Phi) is 3.09. The summed E-state index contributed by atoms with van der Waals surface area (Å²) in [5.41, 5.74) is 1.16. The van der Waals surface area contributed by atoms with Crippen molar-refractivity contribution in [3.05, 3.63) is 42.2 Å². The molecular weight excluding hydrogens is 246 g/mol. The zero-order valence-corrected chi connectivity index (χ0v) is 10.8. The van der Waals surface area contributed by atoms with E-state index >= 15 is 0 Å². The van der Waals surface area contributed by atoms with Gasteiger partial charge >= 0.3 is 0 Å². The summed E-state index contributed by atoms with van der Waals surface area (Å²) in [6.45, 7) is 5.11. The van der Waals surface area contributed by atoms with Crippen LogP contribution < -0.4 is 4.57 Å². The lowest BCUT2D eigenvalue weighted by molar-refractivity contribution is -0.670. The average molecular weight is 263 g/mol. The molecule has 0 amide bonds. The van der Waals surface area contributed by atoms with Crippen LogP contribution in [-0.4, -0.2) is 4.57 Å². The van der Waals surface area contributed by atoms with Gasteiger partial charge < -0.3 is 0 Å². The third-order valence-electron chi connectivity index (χ3n) is 3.83. The Balaban J connectivity index is 2.36. The van der Waals surface area contributed by atoms with E-state index in [4.69, 9.17) is 0 Å². The maximum atomic E-state index is 14.1. The Labute approximate surface area is 111 Å². The first-order valence-electron chi connectivity index (χ1n) is 6.74. The van der Waals surface area contributed by atoms with Gasteiger partial charge in [-0.1, -0.05) is 12.7 Å². The molecule has 4 heteroatoms. The van der Waals surface area contributed by atoms with Crippen molar-refractivity contribution in [2.24, 2.45) is 0 Å². The molecule has 0 saturated carbocycles. The van der Waals surface area contributed by atoms with Gasteiger partial charge in [-0.3, -0.25) is 0 Å². The average Bonchev–Trinajstić information content (AvgIpc) is 2.57. The molecule has 2 aromatic rings. The number of hydrogen-bond acceptors (Lipinski definition) is 0. The van der Waals surface area contributed by atoms with Gasteiger partial charge in [-0.25, -0.2) is 13.5 Å². The number of benzene rings is 1. The molecular formula is C15H17F2N2+. The largest absolute Gasteiger partial charge is 0.257 e. The minimum Gasteiger partial charge on any atom is -0.227 e. The Morgan fingerprint density at radius 3 is 2.89 bits per heavy atom. The smallest absolute Gasteiger partial charge is 0.227 e. The van der Waals surface area contributed by atoms with E-state index in [1.807, 2.05) is 4.57 Å². The highest BCUT2D eigenvalue weighted by atomic mass is 19.2. The van der Waals surface area contributed by atoms with Crippen molar-refractivity contribution in [2.45, 2.75) is 38.8 Å². The van der Waals surface area contributed by atoms with Gasteiger partial charge in [-0.15, -0.1) is 0 Å². The first-order valence-corrected chi connectivity index (χ1v) is 6.74. The van der Waals surface area contributed by atoms with Crippen molar-refractivity contribution in [3.63, 3.8) is 0 Å². The second-order valence-corrected chi connectivity index (χ2v) is 5.01. The topological polar surface area (TPSA) is 8.81 Å². The molecule has 0 fully saturated rings. The summed E-state index contributed by atoms with van der Waals surface area (Å²) >= 11 is 0. The number of aryl methyl sites for hydroxylation is 1. The molecule has 0 aliphatic carbocycles. The molecule has 1 aliphatic rings. The van der Waals surface area contributed by atoms with Gasteiger partial charge in [0.1, 0.15) is 6.54 Å². The molecule has 0 unspecified atom stereocenters. The summed E-state index contributed by atoms with van der Waals surface area (Å²) in [7, 11) is 0. The number of fused-ring (bicyclic) bond motifs is 3. The van der Waals surface area contributed by atoms with Gasteiger partial charge in [0.2, 0.25) is 11.3 Å². The molecule has 1 aliphatic heterocycles. The molecule has 0 radical (unpaired) electrons. The zero-order chi connectivity index (χ0) is 13.4. The van der Waals surface area contributed by atoms with Crippen LogP contribution in [0.1, 0.15) is 25.1 Å². The molecule has 0 bridgehead atoms. The summed E-state index contributed by atoms with van der Waals surface area (Å²) in [5, 5.41) is 0. The van der Waals surface area contributed by atoms with E-state index in [2.05, 4.69) is 11.1 Å². The lowest BCUT2D eigenvalue weighted by Crippen LogP contribution is -2.37. The molecule has 0 N–H and O–H groups in total. The fourth-order valence-electron chi connectivity index (χ4n) is 2.99. The molecule has 0 spiro atoms. The van der Waals surface area contributed by atoms with Crippen LogP contribution in [-0.2, 0) is 19.5 Å². The minimum atomic E-state index is -0.786. The van der Waals surface area contributed by atoms with Gasteiger partial charge in [0, 0.05) is 6.42 Å². The van der Waals surface area contributed by atoms with Gasteiger partial charge in [-0.05, 0) is 31.4 Å². The van der Waals surface area contributed by atoms with E-state index in [-0.39, 0.29) is 0 Å². The fraction of sp³-hybridized carbons (Fsp3) is 0.400. The van der Waals surface area contributed by atoms with Crippen LogP contribution in [0.15, 0.2) is 24.8 Å². The molecule has 2 heterocycles. The zero-order valence-electron chi connectivity index (χ0n) is 10.8. The predicted octanol–water partition coefficient (Wildman–Crippen LogP) is 3.12. The molecule has 1 aromatic carbocycles. The first-order chi connectivity index (χ1) is 9.24. The van der Waals surface area contributed by atoms with Crippen LogP contribution in [0.4, 0.5) is 8.78 Å². The molecule has 0 saturated heterocycles. The Morgan fingerprint density at radius 1 is 1.26 bits per heavy atom. The van der Waals surface area contributed by atoms with Gasteiger partial charge in [-0.2, -0.15) is 4.39 Å². The summed E-state index contributed by atoms with van der Waals surface area (Å²) in [5.74, 6) is -0.456. The SMILES string of the molecule is C=CC[n+]1c2n(c3ccc(F)c(F)c31)CCCCC2. The number of hydrogen-bond donors (Lipinski definition) is 0. The number of aromatic nitrogens is 2. The second kappa shape index (κ2) is 4.76. The third-order valence-corrected chi connectivity index (χ3v) is 3.83. The standard InChI is InChI=1S/C15H17F2N2/c1-2-9-19-13-6-4-3-5-10-18(13)12-8-7-11(16)14(17)15(12)19/h2,7-8H,1,3-6,9-10H2/q+1. The lowest BCUT2D eigenvalue weighted by Gasteiger charge is -1.99. The highest BCUT2D eigenvalue weighted by Gasteiger charge is 2.29. The summed E-state index contributed by atoms with van der Waals surface area (Å²) < 4.78 is 31.6. The summed E-state index contributed by atoms with van der Waals surface area (Å²) in [6.07, 6.45) is 6.00. The highest BCUT2D eigenvalue weighted by Crippen LogP contribution is 2.24. The van der Waals surface area contributed by atoms with Gasteiger partial charge in [0.15, 0.2) is 11.3 Å². The van der Waals surface area contributed by atoms with Crippen molar-refractivity contribution >= 4 is 11.0 Å². The number of nitrogens with zero attached hydrogens (tertiary/aromatic N) is 2. The predicted molar refractivity (Wildman–Crippen MR) is 69.8 cm³/mol. The first kappa shape index (κ1) is 12.3. The van der Waals surface area contributed by atoms with Crippen LogP contribution in [0.2, 0.25) is 0 Å². The fourth-order valence-corrected chi connectivity index (χ4v) is 2.99. The second-order valence-electron chi connectivity index (χ2n) is 5.01. The summed E-state index contributed by atoms with van der Waals surface area (Å²) in [4.78, 5) is 0. The quantitative estimate of drug-likeness (QED) is 0.581. The number of imidazole rings is 1. The van der Waals surface area contributed by atoms with Gasteiger partial charge in [0.05, 0.1) is 6.54 Å². The summed E-state index contributed by atoms with van der Waals surface area (Å²) in [6, 6.07) is 2.90. The Bertz CT molecular complexity index is 643. The van der Waals surface area contributed by atoms with Crippen LogP contribution in [0, 0.1) is 11.6 Å². The maximum absolute atomic E-state index is 14.1. The molecule has 1 aromatic heterocycles. The number of allylic oxidation sites excluding steroid dienone is 1. The Morgan fingerprint density at radius 2 is 2.11 bits per heavy atom. The van der Waals surface area contributed by atoms with Crippen LogP contribution >= 0.6 is 0 Å². The van der Waals surface area contributed by atoms with E-state index in [0.717, 1.165) is 37.1 Å². The van der Waals surface area contributed by atoms with Crippen molar-refractivity contribution in [2.75, 3.05) is 0 Å². The van der Waals surface area contributed by atoms with Crippen molar-refractivity contribution < 1.29 is 13.3 Å². The van der Waals surface area contributed by atoms with Crippen molar-refractivity contribution in [3.8, 4) is 0 Å². The highest BCUT2D eigenvalue weighted by molar-refractivity contribution is 5.73. The molecule has 100 valence electrons. The van der Waals surface area contributed by atoms with Crippen molar-refractivity contribution in [1.29, 1.82) is 0 Å². The lowest BCUT2D eigenvalue weighted by atomic mass is 10.2. The molecule has 19 heavy (non-hydrogen) atoms. The van der Waals surface area contributed by atoms with Gasteiger partial charge in [0.25, 0.3) is 5.82 Å². The molecule has 3 rings (SSSR count). The maximum Gasteiger partial charge on any atom is 0.257 e. The van der Waals surface area contributed by atoms with E-state index in [9.17, 15) is 8.78 Å². The monoisotopic (exact) mass is 263 g/mol. The number of rotatable bonds is 2. The number of halogens is 2. The van der Waals surface area contributed by atoms with Crippen molar-refractivity contribution in [1.82, 2.24) is 4.57 Å². The van der Waals surface area contributed by atoms with E-state index in [0.29, 0.717) is 12.1 Å². The van der Waals surface area contributed by atoms with Crippen LogP contribution in [0.3, 0.4) is 0 Å². The molecule has 2 nitrogen and oxygen atoms in total. The third kappa shape index (κ3) is 1.86. The van der Waals surface area contributed by atoms with E-state index < -0.39 is 11.6 Å². The molecule has 0 atom stereocenters. The van der Waals surface area contributed by atoms with Crippen LogP contribution in [0.25, 0.3) is 11.0 Å². The minimum absolute atomic E-state index is 0.372. The normalized spacial score (nSPS) is 15.3. The Hall–Kier alpha value is -1.71. The van der Waals surface area contributed by atoms with Crippen LogP contribution in [0.5, 0.6) is 0 Å².